The highest BCUT2D eigenvalue weighted by Crippen LogP contribution is 2.29. The minimum absolute atomic E-state index is 0.301. The zero-order chi connectivity index (χ0) is 10.9. The molecule has 2 heterocycles. The molecule has 1 aromatic rings. The summed E-state index contributed by atoms with van der Waals surface area (Å²) >= 11 is 0. The van der Waals surface area contributed by atoms with Crippen LogP contribution >= 0.6 is 0 Å². The molecule has 0 amide bonds. The van der Waals surface area contributed by atoms with Gasteiger partial charge in [0.05, 0.1) is 6.20 Å². The van der Waals surface area contributed by atoms with E-state index in [4.69, 9.17) is 4.42 Å². The molecule has 84 valence electrons. The Hall–Kier alpha value is -0.900. The van der Waals surface area contributed by atoms with Crippen molar-refractivity contribution in [1.82, 2.24) is 10.3 Å². The van der Waals surface area contributed by atoms with Crippen molar-refractivity contribution < 1.29 is 8.81 Å². The van der Waals surface area contributed by atoms with Crippen molar-refractivity contribution in [2.45, 2.75) is 38.3 Å². The van der Waals surface area contributed by atoms with Crippen molar-refractivity contribution in [2.24, 2.45) is 0 Å². The van der Waals surface area contributed by atoms with Crippen LogP contribution < -0.4 is 5.32 Å². The van der Waals surface area contributed by atoms with Gasteiger partial charge >= 0.3 is 0 Å². The van der Waals surface area contributed by atoms with Crippen LogP contribution in [0, 0.1) is 0 Å². The monoisotopic (exact) mass is 212 g/mol. The predicted molar refractivity (Wildman–Crippen MR) is 55.5 cm³/mol. The third-order valence-corrected chi connectivity index (χ3v) is 2.76. The quantitative estimate of drug-likeness (QED) is 0.817. The van der Waals surface area contributed by atoms with Crippen LogP contribution in [0.15, 0.2) is 10.6 Å². The normalized spacial score (nSPS) is 23.0. The Morgan fingerprint density at radius 2 is 2.40 bits per heavy atom. The molecule has 15 heavy (non-hydrogen) atoms. The highest BCUT2D eigenvalue weighted by atomic mass is 19.1. The number of aromatic nitrogens is 1. The minimum Gasteiger partial charge on any atom is -0.442 e. The van der Waals surface area contributed by atoms with E-state index in [1.54, 1.807) is 0 Å². The molecule has 0 aliphatic carbocycles. The van der Waals surface area contributed by atoms with Gasteiger partial charge in [-0.25, -0.2) is 9.37 Å². The lowest BCUT2D eigenvalue weighted by Gasteiger charge is -2.19. The van der Waals surface area contributed by atoms with Crippen LogP contribution in [0.2, 0.25) is 0 Å². The summed E-state index contributed by atoms with van der Waals surface area (Å²) in [5.41, 5.74) is -1.44. The van der Waals surface area contributed by atoms with Crippen LogP contribution in [0.3, 0.4) is 0 Å². The second-order valence-electron chi connectivity index (χ2n) is 4.58. The molecule has 0 saturated carbocycles. The van der Waals surface area contributed by atoms with Crippen LogP contribution in [-0.2, 0) is 5.67 Å². The molecule has 0 radical (unpaired) electrons. The van der Waals surface area contributed by atoms with E-state index in [-0.39, 0.29) is 0 Å². The molecule has 1 aromatic heterocycles. The third-order valence-electron chi connectivity index (χ3n) is 2.76. The van der Waals surface area contributed by atoms with Gasteiger partial charge in [-0.05, 0) is 33.2 Å². The summed E-state index contributed by atoms with van der Waals surface area (Å²) in [6, 6.07) is 0. The van der Waals surface area contributed by atoms with Crippen molar-refractivity contribution >= 4 is 0 Å². The van der Waals surface area contributed by atoms with E-state index in [0.717, 1.165) is 25.9 Å². The first kappa shape index (κ1) is 10.6. The molecular formula is C11H17FN2O. The van der Waals surface area contributed by atoms with Crippen molar-refractivity contribution in [1.29, 1.82) is 0 Å². The molecule has 1 aliphatic heterocycles. The lowest BCUT2D eigenvalue weighted by molar-refractivity contribution is 0.172. The Morgan fingerprint density at radius 3 is 2.93 bits per heavy atom. The molecule has 1 aliphatic rings. The Bertz CT molecular complexity index is 324. The molecule has 0 bridgehead atoms. The number of nitrogens with zero attached hydrogens (tertiary/aromatic N) is 1. The molecule has 0 aromatic carbocycles. The fraction of sp³-hybridized carbons (Fsp3) is 0.727. The van der Waals surface area contributed by atoms with Crippen LogP contribution in [-0.4, -0.2) is 18.1 Å². The Balaban J connectivity index is 2.12. The van der Waals surface area contributed by atoms with E-state index >= 15 is 0 Å². The molecule has 1 saturated heterocycles. The number of piperidine rings is 1. The average molecular weight is 212 g/mol. The van der Waals surface area contributed by atoms with Crippen molar-refractivity contribution in [3.63, 3.8) is 0 Å². The highest BCUT2D eigenvalue weighted by molar-refractivity contribution is 5.06. The highest BCUT2D eigenvalue weighted by Gasteiger charge is 2.27. The van der Waals surface area contributed by atoms with Gasteiger partial charge in [-0.1, -0.05) is 0 Å². The van der Waals surface area contributed by atoms with Gasteiger partial charge in [0.25, 0.3) is 0 Å². The Kier molecular flexibility index (Phi) is 2.78. The van der Waals surface area contributed by atoms with Crippen molar-refractivity contribution in [3.05, 3.63) is 17.8 Å². The first-order chi connectivity index (χ1) is 7.07. The second kappa shape index (κ2) is 3.93. The van der Waals surface area contributed by atoms with Gasteiger partial charge in [0.2, 0.25) is 0 Å². The van der Waals surface area contributed by atoms with Gasteiger partial charge in [0.15, 0.2) is 17.3 Å². The van der Waals surface area contributed by atoms with E-state index in [0.29, 0.717) is 17.6 Å². The molecule has 1 atom stereocenters. The Labute approximate surface area is 89.1 Å². The maximum absolute atomic E-state index is 13.6. The fourth-order valence-corrected chi connectivity index (χ4v) is 1.81. The molecule has 0 spiro atoms. The van der Waals surface area contributed by atoms with Crippen LogP contribution in [0.25, 0.3) is 0 Å². The van der Waals surface area contributed by atoms with E-state index in [1.165, 1.54) is 20.0 Å². The Morgan fingerprint density at radius 1 is 1.60 bits per heavy atom. The maximum Gasteiger partial charge on any atom is 0.198 e. The second-order valence-corrected chi connectivity index (χ2v) is 4.58. The van der Waals surface area contributed by atoms with Crippen molar-refractivity contribution in [3.8, 4) is 0 Å². The number of alkyl halides is 1. The van der Waals surface area contributed by atoms with Gasteiger partial charge in [0, 0.05) is 12.5 Å². The summed E-state index contributed by atoms with van der Waals surface area (Å²) in [6.45, 7) is 4.90. The van der Waals surface area contributed by atoms with E-state index in [1.807, 2.05) is 0 Å². The first-order valence-corrected chi connectivity index (χ1v) is 5.43. The third kappa shape index (κ3) is 2.37. The molecule has 3 nitrogen and oxygen atoms in total. The number of halogens is 1. The summed E-state index contributed by atoms with van der Waals surface area (Å²) in [5, 5.41) is 3.29. The number of nitrogens with one attached hydrogen (secondary N) is 1. The topological polar surface area (TPSA) is 38.1 Å². The molecule has 4 heteroatoms. The SMILES string of the molecule is CC(C)(F)c1cnc(C2CCCNC2)o1. The first-order valence-electron chi connectivity index (χ1n) is 5.43. The van der Waals surface area contributed by atoms with E-state index in [9.17, 15) is 4.39 Å². The minimum atomic E-state index is -1.44. The lowest BCUT2D eigenvalue weighted by atomic mass is 10.00. The zero-order valence-electron chi connectivity index (χ0n) is 9.22. The van der Waals surface area contributed by atoms with Gasteiger partial charge in [-0.15, -0.1) is 0 Å². The summed E-state index contributed by atoms with van der Waals surface area (Å²) in [4.78, 5) is 4.16. The summed E-state index contributed by atoms with van der Waals surface area (Å²) in [6.07, 6.45) is 3.70. The van der Waals surface area contributed by atoms with Crippen LogP contribution in [0.4, 0.5) is 4.39 Å². The largest absolute Gasteiger partial charge is 0.442 e. The van der Waals surface area contributed by atoms with Gasteiger partial charge in [-0.2, -0.15) is 0 Å². The van der Waals surface area contributed by atoms with Crippen molar-refractivity contribution in [2.75, 3.05) is 13.1 Å². The summed E-state index contributed by atoms with van der Waals surface area (Å²) in [5.74, 6) is 1.29. The molecular weight excluding hydrogens is 195 g/mol. The van der Waals surface area contributed by atoms with Gasteiger partial charge in [-0.3, -0.25) is 0 Å². The van der Waals surface area contributed by atoms with E-state index < -0.39 is 5.67 Å². The fourth-order valence-electron chi connectivity index (χ4n) is 1.81. The van der Waals surface area contributed by atoms with E-state index in [2.05, 4.69) is 10.3 Å². The number of hydrogen-bond acceptors (Lipinski definition) is 3. The summed E-state index contributed by atoms with van der Waals surface area (Å²) in [7, 11) is 0. The molecule has 2 rings (SSSR count). The average Bonchev–Trinajstić information content (AvgIpc) is 2.67. The maximum atomic E-state index is 13.6. The lowest BCUT2D eigenvalue weighted by Crippen LogP contribution is -2.28. The zero-order valence-corrected chi connectivity index (χ0v) is 9.22. The smallest absolute Gasteiger partial charge is 0.198 e. The molecule has 1 fully saturated rings. The van der Waals surface area contributed by atoms with Crippen LogP contribution in [0.5, 0.6) is 0 Å². The number of oxazole rings is 1. The number of rotatable bonds is 2. The number of hydrogen-bond donors (Lipinski definition) is 1. The molecule has 1 N–H and O–H groups in total. The van der Waals surface area contributed by atoms with Crippen LogP contribution in [0.1, 0.15) is 44.3 Å². The standard InChI is InChI=1S/C11H17FN2O/c1-11(2,12)9-7-14-10(15-9)8-4-3-5-13-6-8/h7-8,13H,3-6H2,1-2H3. The summed E-state index contributed by atoms with van der Waals surface area (Å²) < 4.78 is 19.0. The van der Waals surface area contributed by atoms with Gasteiger partial charge in [0.1, 0.15) is 0 Å². The molecule has 1 unspecified atom stereocenters. The predicted octanol–water partition coefficient (Wildman–Crippen LogP) is 2.35. The van der Waals surface area contributed by atoms with Gasteiger partial charge < -0.3 is 9.73 Å².